The molecule has 2 N–H and O–H groups in total. The predicted octanol–water partition coefficient (Wildman–Crippen LogP) is 3.22. The molecule has 1 amide bonds. The molecule has 0 unspecified atom stereocenters. The molecule has 0 atom stereocenters. The molecule has 1 saturated carbocycles. The average molecular weight is 394 g/mol. The lowest BCUT2D eigenvalue weighted by Gasteiger charge is -2.09. The highest BCUT2D eigenvalue weighted by Crippen LogP contribution is 2.45. The topological polar surface area (TPSA) is 88.8 Å². The molecule has 1 fully saturated rings. The molecule has 1 aliphatic carbocycles. The van der Waals surface area contributed by atoms with Crippen LogP contribution < -0.4 is 10.1 Å². The molecule has 3 rings (SSSR count). The summed E-state index contributed by atoms with van der Waals surface area (Å²) in [5.74, 6) is 0.0500. The zero-order chi connectivity index (χ0) is 17.2. The van der Waals surface area contributed by atoms with Crippen LogP contribution in [0, 0.1) is 5.41 Å². The van der Waals surface area contributed by atoms with Gasteiger partial charge in [-0.15, -0.1) is 0 Å². The highest BCUT2D eigenvalue weighted by Gasteiger charge is 2.50. The summed E-state index contributed by atoms with van der Waals surface area (Å²) in [6, 6.07) is 10.6. The van der Waals surface area contributed by atoms with Crippen LogP contribution in [0.5, 0.6) is 5.75 Å². The molecule has 0 spiro atoms. The van der Waals surface area contributed by atoms with Gasteiger partial charge in [0.2, 0.25) is 0 Å². The number of furan rings is 1. The van der Waals surface area contributed by atoms with Crippen LogP contribution in [0.3, 0.4) is 0 Å². The van der Waals surface area contributed by atoms with Crippen molar-refractivity contribution in [3.05, 3.63) is 52.4 Å². The van der Waals surface area contributed by atoms with Crippen LogP contribution in [0.15, 0.2) is 45.3 Å². The number of hydrogen-bond acceptors (Lipinski definition) is 4. The third-order valence-electron chi connectivity index (χ3n) is 3.96. The number of hydrogen-bond donors (Lipinski definition) is 2. The number of amides is 1. The van der Waals surface area contributed by atoms with Crippen LogP contribution >= 0.6 is 15.9 Å². The van der Waals surface area contributed by atoms with E-state index in [0.29, 0.717) is 24.4 Å². The van der Waals surface area contributed by atoms with Gasteiger partial charge in [-0.1, -0.05) is 22.0 Å². The largest absolute Gasteiger partial charge is 0.486 e. The minimum Gasteiger partial charge on any atom is -0.486 e. The molecule has 0 bridgehead atoms. The Morgan fingerprint density at radius 1 is 1.29 bits per heavy atom. The van der Waals surface area contributed by atoms with Crippen molar-refractivity contribution in [2.45, 2.75) is 19.4 Å². The minimum atomic E-state index is -0.870. The standard InChI is InChI=1S/C17H16BrNO5/c18-11-2-1-3-12(8-11)23-9-13-4-5-14(24-13)15(20)19-10-17(6-7-17)16(21)22/h1-5,8H,6-7,9-10H2,(H,19,20)(H,21,22). The van der Waals surface area contributed by atoms with E-state index in [2.05, 4.69) is 21.2 Å². The van der Waals surface area contributed by atoms with Crippen molar-refractivity contribution >= 4 is 27.8 Å². The van der Waals surface area contributed by atoms with Gasteiger partial charge in [-0.05, 0) is 43.2 Å². The van der Waals surface area contributed by atoms with E-state index in [-0.39, 0.29) is 18.9 Å². The molecule has 1 aromatic heterocycles. The molecular weight excluding hydrogens is 378 g/mol. The summed E-state index contributed by atoms with van der Waals surface area (Å²) in [6.45, 7) is 0.314. The van der Waals surface area contributed by atoms with Gasteiger partial charge in [0.1, 0.15) is 18.1 Å². The van der Waals surface area contributed by atoms with Crippen molar-refractivity contribution in [2.24, 2.45) is 5.41 Å². The van der Waals surface area contributed by atoms with Crippen molar-refractivity contribution in [3.8, 4) is 5.75 Å². The van der Waals surface area contributed by atoms with Crippen molar-refractivity contribution in [1.29, 1.82) is 0 Å². The number of rotatable bonds is 7. The van der Waals surface area contributed by atoms with Crippen LogP contribution in [0.4, 0.5) is 0 Å². The first-order chi connectivity index (χ1) is 11.5. The van der Waals surface area contributed by atoms with Gasteiger partial charge in [-0.2, -0.15) is 0 Å². The third-order valence-corrected chi connectivity index (χ3v) is 4.45. The van der Waals surface area contributed by atoms with Crippen molar-refractivity contribution in [3.63, 3.8) is 0 Å². The Kier molecular flexibility index (Phi) is 4.62. The number of carbonyl (C=O) groups is 2. The first-order valence-corrected chi connectivity index (χ1v) is 8.26. The van der Waals surface area contributed by atoms with Crippen molar-refractivity contribution in [2.75, 3.05) is 6.54 Å². The van der Waals surface area contributed by atoms with Crippen molar-refractivity contribution in [1.82, 2.24) is 5.32 Å². The normalized spacial score (nSPS) is 14.9. The highest BCUT2D eigenvalue weighted by molar-refractivity contribution is 9.10. The van der Waals surface area contributed by atoms with Gasteiger partial charge in [0.05, 0.1) is 5.41 Å². The van der Waals surface area contributed by atoms with Crippen LogP contribution in [0.2, 0.25) is 0 Å². The fraction of sp³-hybridized carbons (Fsp3) is 0.294. The molecule has 0 aliphatic heterocycles. The summed E-state index contributed by atoms with van der Waals surface area (Å²) >= 11 is 3.36. The van der Waals surface area contributed by atoms with Gasteiger partial charge < -0.3 is 19.6 Å². The van der Waals surface area contributed by atoms with Gasteiger partial charge in [0, 0.05) is 11.0 Å². The maximum Gasteiger partial charge on any atom is 0.311 e. The van der Waals surface area contributed by atoms with Gasteiger partial charge in [-0.3, -0.25) is 9.59 Å². The maximum absolute atomic E-state index is 12.0. The number of carboxylic acids is 1. The van der Waals surface area contributed by atoms with Crippen LogP contribution in [-0.2, 0) is 11.4 Å². The second-order valence-corrected chi connectivity index (χ2v) is 6.70. The molecular formula is C17H16BrNO5. The van der Waals surface area contributed by atoms with E-state index >= 15 is 0 Å². The summed E-state index contributed by atoms with van der Waals surface area (Å²) in [4.78, 5) is 23.1. The summed E-state index contributed by atoms with van der Waals surface area (Å²) in [6.07, 6.45) is 1.18. The lowest BCUT2D eigenvalue weighted by atomic mass is 10.1. The van der Waals surface area contributed by atoms with Gasteiger partial charge >= 0.3 is 5.97 Å². The SMILES string of the molecule is O=C(NCC1(C(=O)O)CC1)c1ccc(COc2cccc(Br)c2)o1. The lowest BCUT2D eigenvalue weighted by Crippen LogP contribution is -2.34. The number of aliphatic carboxylic acids is 1. The Hall–Kier alpha value is -2.28. The van der Waals surface area contributed by atoms with Gasteiger partial charge in [0.25, 0.3) is 5.91 Å². The predicted molar refractivity (Wildman–Crippen MR) is 88.8 cm³/mol. The fourth-order valence-corrected chi connectivity index (χ4v) is 2.62. The Morgan fingerprint density at radius 2 is 2.08 bits per heavy atom. The monoisotopic (exact) mass is 393 g/mol. The van der Waals surface area contributed by atoms with Crippen LogP contribution in [-0.4, -0.2) is 23.5 Å². The van der Waals surface area contributed by atoms with Crippen molar-refractivity contribution < 1.29 is 23.8 Å². The zero-order valence-electron chi connectivity index (χ0n) is 12.8. The smallest absolute Gasteiger partial charge is 0.311 e. The number of ether oxygens (including phenoxy) is 1. The fourth-order valence-electron chi connectivity index (χ4n) is 2.24. The number of carboxylic acid groups (broad SMARTS) is 1. The minimum absolute atomic E-state index is 0.117. The summed E-state index contributed by atoms with van der Waals surface area (Å²) in [5, 5.41) is 11.7. The maximum atomic E-state index is 12.0. The van der Waals surface area contributed by atoms with E-state index in [1.165, 1.54) is 0 Å². The van der Waals surface area contributed by atoms with E-state index < -0.39 is 17.3 Å². The van der Waals surface area contributed by atoms with E-state index in [4.69, 9.17) is 14.3 Å². The Balaban J connectivity index is 1.53. The molecule has 0 saturated heterocycles. The Labute approximate surface area is 146 Å². The summed E-state index contributed by atoms with van der Waals surface area (Å²) < 4.78 is 11.9. The quantitative estimate of drug-likeness (QED) is 0.753. The molecule has 1 heterocycles. The first-order valence-electron chi connectivity index (χ1n) is 7.47. The van der Waals surface area contributed by atoms with E-state index in [9.17, 15) is 9.59 Å². The molecule has 126 valence electrons. The van der Waals surface area contributed by atoms with E-state index in [0.717, 1.165) is 4.47 Å². The second-order valence-electron chi connectivity index (χ2n) is 5.78. The lowest BCUT2D eigenvalue weighted by molar-refractivity contribution is -0.143. The van der Waals surface area contributed by atoms with Crippen LogP contribution in [0.1, 0.15) is 29.2 Å². The highest BCUT2D eigenvalue weighted by atomic mass is 79.9. The van der Waals surface area contributed by atoms with Gasteiger partial charge in [-0.25, -0.2) is 0 Å². The molecule has 1 aromatic carbocycles. The Morgan fingerprint density at radius 3 is 2.75 bits per heavy atom. The number of nitrogens with one attached hydrogen (secondary N) is 1. The second kappa shape index (κ2) is 6.68. The van der Waals surface area contributed by atoms with E-state index in [1.54, 1.807) is 12.1 Å². The van der Waals surface area contributed by atoms with Crippen LogP contribution in [0.25, 0.3) is 0 Å². The Bertz CT molecular complexity index is 766. The third kappa shape index (κ3) is 3.79. The number of halogens is 1. The molecule has 24 heavy (non-hydrogen) atoms. The summed E-state index contributed by atoms with van der Waals surface area (Å²) in [5.41, 5.74) is -0.797. The average Bonchev–Trinajstić information content (AvgIpc) is 3.21. The molecule has 1 aliphatic rings. The van der Waals surface area contributed by atoms with E-state index in [1.807, 2.05) is 24.3 Å². The number of benzene rings is 1. The molecule has 0 radical (unpaired) electrons. The molecule has 2 aromatic rings. The molecule has 6 nitrogen and oxygen atoms in total. The first kappa shape index (κ1) is 16.6. The number of carbonyl (C=O) groups excluding carboxylic acids is 1. The summed E-state index contributed by atoms with van der Waals surface area (Å²) in [7, 11) is 0. The zero-order valence-corrected chi connectivity index (χ0v) is 14.3. The molecule has 7 heteroatoms. The van der Waals surface area contributed by atoms with Gasteiger partial charge in [0.15, 0.2) is 5.76 Å².